The second kappa shape index (κ2) is 7.49. The minimum atomic E-state index is -0.829. The molecule has 0 aliphatic rings. The van der Waals surface area contributed by atoms with Crippen molar-refractivity contribution in [1.29, 1.82) is 0 Å². The van der Waals surface area contributed by atoms with E-state index in [0.29, 0.717) is 0 Å². The van der Waals surface area contributed by atoms with Crippen LogP contribution in [-0.2, 0) is 16.1 Å². The predicted octanol–water partition coefficient (Wildman–Crippen LogP) is 0.243. The van der Waals surface area contributed by atoms with Gasteiger partial charge in [0.05, 0.1) is 6.21 Å². The minimum Gasteiger partial charge on any atom is -0.344 e. The molecule has 2 amide bonds. The van der Waals surface area contributed by atoms with E-state index in [-0.39, 0.29) is 6.54 Å². The molecule has 0 unspecified atom stereocenters. The Kier molecular flexibility index (Phi) is 5.11. The fourth-order valence-electron chi connectivity index (χ4n) is 1.43. The Morgan fingerprint density at radius 2 is 1.90 bits per heavy atom. The molecule has 2 heterocycles. The summed E-state index contributed by atoms with van der Waals surface area (Å²) in [6, 6.07) is 7.01. The van der Waals surface area contributed by atoms with Gasteiger partial charge in [-0.1, -0.05) is 6.07 Å². The summed E-state index contributed by atoms with van der Waals surface area (Å²) in [4.78, 5) is 30.8. The molecular formula is C14H13N5O2. The van der Waals surface area contributed by atoms with Crippen molar-refractivity contribution in [2.45, 2.75) is 6.54 Å². The average molecular weight is 283 g/mol. The van der Waals surface area contributed by atoms with Crippen LogP contribution in [0.3, 0.4) is 0 Å². The molecule has 0 saturated carbocycles. The standard InChI is InChI=1S/C14H13N5O2/c20-13(17-9-11-3-6-15-7-4-11)14(21)19-18-10-12-2-1-5-16-8-12/h1-8,10H,9H2,(H,17,20)(H,19,21)/b18-10+. The van der Waals surface area contributed by atoms with Crippen LogP contribution in [-0.4, -0.2) is 28.0 Å². The first-order valence-corrected chi connectivity index (χ1v) is 6.16. The number of nitrogens with one attached hydrogen (secondary N) is 2. The zero-order valence-electron chi connectivity index (χ0n) is 11.1. The molecule has 7 nitrogen and oxygen atoms in total. The maximum Gasteiger partial charge on any atom is 0.329 e. The van der Waals surface area contributed by atoms with Crippen molar-refractivity contribution in [3.63, 3.8) is 0 Å². The number of hydrogen-bond donors (Lipinski definition) is 2. The van der Waals surface area contributed by atoms with Gasteiger partial charge in [-0.2, -0.15) is 5.10 Å². The topological polar surface area (TPSA) is 96.3 Å². The number of nitrogens with zero attached hydrogens (tertiary/aromatic N) is 3. The average Bonchev–Trinajstić information content (AvgIpc) is 2.54. The molecule has 0 radical (unpaired) electrons. The Morgan fingerprint density at radius 1 is 1.10 bits per heavy atom. The van der Waals surface area contributed by atoms with E-state index in [2.05, 4.69) is 25.8 Å². The summed E-state index contributed by atoms with van der Waals surface area (Å²) in [6.07, 6.45) is 7.84. The van der Waals surface area contributed by atoms with Gasteiger partial charge in [-0.05, 0) is 23.8 Å². The van der Waals surface area contributed by atoms with E-state index in [1.54, 1.807) is 49.1 Å². The van der Waals surface area contributed by atoms with Crippen molar-refractivity contribution in [3.8, 4) is 0 Å². The molecule has 0 saturated heterocycles. The van der Waals surface area contributed by atoms with Gasteiger partial charge in [-0.25, -0.2) is 5.43 Å². The Balaban J connectivity index is 1.78. The molecule has 0 fully saturated rings. The SMILES string of the molecule is O=C(NCc1ccncc1)C(=O)N/N=C/c1cccnc1. The van der Waals surface area contributed by atoms with E-state index in [9.17, 15) is 9.59 Å². The lowest BCUT2D eigenvalue weighted by atomic mass is 10.3. The predicted molar refractivity (Wildman–Crippen MR) is 76.1 cm³/mol. The fraction of sp³-hybridized carbons (Fsp3) is 0.0714. The number of rotatable bonds is 4. The van der Waals surface area contributed by atoms with Gasteiger partial charge in [-0.3, -0.25) is 19.6 Å². The van der Waals surface area contributed by atoms with Gasteiger partial charge in [0.1, 0.15) is 0 Å². The third-order valence-electron chi connectivity index (χ3n) is 2.47. The van der Waals surface area contributed by atoms with Gasteiger partial charge in [0.2, 0.25) is 0 Å². The Labute approximate surface area is 121 Å². The van der Waals surface area contributed by atoms with E-state index < -0.39 is 11.8 Å². The van der Waals surface area contributed by atoms with Crippen molar-refractivity contribution in [3.05, 3.63) is 60.2 Å². The van der Waals surface area contributed by atoms with Crippen molar-refractivity contribution in [2.24, 2.45) is 5.10 Å². The Morgan fingerprint density at radius 3 is 2.62 bits per heavy atom. The molecule has 0 bridgehead atoms. The molecule has 21 heavy (non-hydrogen) atoms. The van der Waals surface area contributed by atoms with Crippen molar-refractivity contribution in [2.75, 3.05) is 0 Å². The van der Waals surface area contributed by atoms with Crippen LogP contribution in [0.5, 0.6) is 0 Å². The first kappa shape index (κ1) is 14.3. The maximum atomic E-state index is 11.5. The molecule has 2 aromatic rings. The van der Waals surface area contributed by atoms with Gasteiger partial charge >= 0.3 is 11.8 Å². The van der Waals surface area contributed by atoms with E-state index >= 15 is 0 Å². The summed E-state index contributed by atoms with van der Waals surface area (Å²) in [7, 11) is 0. The minimum absolute atomic E-state index is 0.251. The van der Waals surface area contributed by atoms with E-state index in [4.69, 9.17) is 0 Å². The van der Waals surface area contributed by atoms with Gasteiger partial charge < -0.3 is 5.32 Å². The Bertz CT molecular complexity index is 628. The highest BCUT2D eigenvalue weighted by molar-refractivity contribution is 6.35. The third kappa shape index (κ3) is 4.83. The summed E-state index contributed by atoms with van der Waals surface area (Å²) in [5.41, 5.74) is 3.71. The van der Waals surface area contributed by atoms with Gasteiger partial charge in [0.25, 0.3) is 0 Å². The first-order valence-electron chi connectivity index (χ1n) is 6.16. The zero-order valence-corrected chi connectivity index (χ0v) is 11.1. The van der Waals surface area contributed by atoms with Crippen LogP contribution in [0, 0.1) is 0 Å². The summed E-state index contributed by atoms with van der Waals surface area (Å²) in [5, 5.41) is 6.16. The molecule has 0 aromatic carbocycles. The molecule has 106 valence electrons. The molecule has 0 atom stereocenters. The normalized spacial score (nSPS) is 10.3. The maximum absolute atomic E-state index is 11.5. The summed E-state index contributed by atoms with van der Waals surface area (Å²) >= 11 is 0. The molecule has 2 aromatic heterocycles. The van der Waals surface area contributed by atoms with Gasteiger partial charge in [0, 0.05) is 36.9 Å². The van der Waals surface area contributed by atoms with Crippen molar-refractivity contribution < 1.29 is 9.59 Å². The van der Waals surface area contributed by atoms with E-state index in [1.807, 2.05) is 0 Å². The van der Waals surface area contributed by atoms with Crippen molar-refractivity contribution in [1.82, 2.24) is 20.7 Å². The van der Waals surface area contributed by atoms with E-state index in [0.717, 1.165) is 11.1 Å². The number of hydrogen-bond acceptors (Lipinski definition) is 5. The lowest BCUT2D eigenvalue weighted by Crippen LogP contribution is -2.37. The molecule has 2 N–H and O–H groups in total. The number of amides is 2. The molecule has 7 heteroatoms. The van der Waals surface area contributed by atoms with Gasteiger partial charge in [-0.15, -0.1) is 0 Å². The van der Waals surface area contributed by atoms with Crippen LogP contribution in [0.1, 0.15) is 11.1 Å². The highest BCUT2D eigenvalue weighted by atomic mass is 16.2. The Hall–Kier alpha value is -3.09. The lowest BCUT2D eigenvalue weighted by molar-refractivity contribution is -0.139. The van der Waals surface area contributed by atoms with Crippen molar-refractivity contribution >= 4 is 18.0 Å². The number of aromatic nitrogens is 2. The number of hydrazone groups is 1. The zero-order chi connectivity index (χ0) is 14.9. The van der Waals surface area contributed by atoms with Crippen LogP contribution in [0.15, 0.2) is 54.2 Å². The number of pyridine rings is 2. The van der Waals surface area contributed by atoms with Crippen LogP contribution in [0.4, 0.5) is 0 Å². The molecular weight excluding hydrogens is 270 g/mol. The number of carbonyl (C=O) groups excluding carboxylic acids is 2. The van der Waals surface area contributed by atoms with Crippen LogP contribution < -0.4 is 10.7 Å². The van der Waals surface area contributed by atoms with Crippen LogP contribution in [0.25, 0.3) is 0 Å². The van der Waals surface area contributed by atoms with Gasteiger partial charge in [0.15, 0.2) is 0 Å². The lowest BCUT2D eigenvalue weighted by Gasteiger charge is -2.03. The molecule has 0 aliphatic carbocycles. The van der Waals surface area contributed by atoms with E-state index in [1.165, 1.54) is 6.21 Å². The second-order valence-corrected chi connectivity index (χ2v) is 4.02. The monoisotopic (exact) mass is 283 g/mol. The van der Waals surface area contributed by atoms with Crippen LogP contribution in [0.2, 0.25) is 0 Å². The fourth-order valence-corrected chi connectivity index (χ4v) is 1.43. The molecule has 0 aliphatic heterocycles. The number of carbonyl (C=O) groups is 2. The summed E-state index contributed by atoms with van der Waals surface area (Å²) in [5.74, 6) is -1.58. The highest BCUT2D eigenvalue weighted by Crippen LogP contribution is 1.94. The third-order valence-corrected chi connectivity index (χ3v) is 2.47. The second-order valence-electron chi connectivity index (χ2n) is 4.02. The quantitative estimate of drug-likeness (QED) is 0.477. The highest BCUT2D eigenvalue weighted by Gasteiger charge is 2.11. The van der Waals surface area contributed by atoms with Crippen LogP contribution >= 0.6 is 0 Å². The molecule has 0 spiro atoms. The largest absolute Gasteiger partial charge is 0.344 e. The molecule has 2 rings (SSSR count). The first-order chi connectivity index (χ1) is 10.3. The summed E-state index contributed by atoms with van der Waals surface area (Å²) in [6.45, 7) is 0.251. The summed E-state index contributed by atoms with van der Waals surface area (Å²) < 4.78 is 0. The smallest absolute Gasteiger partial charge is 0.329 e.